The predicted molar refractivity (Wildman–Crippen MR) is 115 cm³/mol. The number of likely N-dealkylation sites (tertiary alicyclic amines) is 1. The van der Waals surface area contributed by atoms with Gasteiger partial charge in [-0.1, -0.05) is 18.2 Å². The van der Waals surface area contributed by atoms with Crippen LogP contribution in [0.2, 0.25) is 0 Å². The third kappa shape index (κ3) is 5.13. The number of amides is 2. The van der Waals surface area contributed by atoms with Gasteiger partial charge in [-0.15, -0.1) is 0 Å². The summed E-state index contributed by atoms with van der Waals surface area (Å²) < 4.78 is 7.04. The minimum atomic E-state index is -1.00. The molecule has 8 nitrogen and oxygen atoms in total. The lowest BCUT2D eigenvalue weighted by molar-refractivity contribution is -0.156. The van der Waals surface area contributed by atoms with E-state index in [2.05, 4.69) is 5.32 Å². The molecule has 0 spiro atoms. The average Bonchev–Trinajstić information content (AvgIpc) is 3.31. The van der Waals surface area contributed by atoms with Gasteiger partial charge in [-0.2, -0.15) is 0 Å². The number of carbonyl (C=O) groups excluding carboxylic acids is 4. The van der Waals surface area contributed by atoms with Crippen LogP contribution in [0.15, 0.2) is 30.3 Å². The van der Waals surface area contributed by atoms with Gasteiger partial charge in [0.05, 0.1) is 12.5 Å². The second kappa shape index (κ2) is 8.91. The summed E-state index contributed by atoms with van der Waals surface area (Å²) in [5.41, 5.74) is 0.757. The second-order valence-corrected chi connectivity index (χ2v) is 8.85. The minimum absolute atomic E-state index is 0.230. The maximum Gasteiger partial charge on any atom is 0.308 e. The summed E-state index contributed by atoms with van der Waals surface area (Å²) in [6.45, 7) is 5.65. The first-order valence-electron chi connectivity index (χ1n) is 10.4. The van der Waals surface area contributed by atoms with Crippen LogP contribution in [0.25, 0.3) is 10.9 Å². The van der Waals surface area contributed by atoms with Crippen molar-refractivity contribution in [3.63, 3.8) is 0 Å². The highest BCUT2D eigenvalue weighted by atomic mass is 16.6. The molecule has 1 N–H and O–H groups in total. The summed E-state index contributed by atoms with van der Waals surface area (Å²) in [5.74, 6) is -1.24. The molecule has 1 saturated heterocycles. The SMILES string of the molecule is Cn1c(C(=O)N2CCC[C@H]2C(=O)N[C@H](C=O)CC(=O)OC(C)(C)C)cc2ccccc21. The fourth-order valence-electron chi connectivity index (χ4n) is 3.90. The van der Waals surface area contributed by atoms with E-state index in [-0.39, 0.29) is 12.3 Å². The van der Waals surface area contributed by atoms with E-state index in [9.17, 15) is 19.2 Å². The molecule has 1 fully saturated rings. The Morgan fingerprint density at radius 1 is 1.26 bits per heavy atom. The van der Waals surface area contributed by atoms with E-state index in [1.165, 1.54) is 0 Å². The van der Waals surface area contributed by atoms with Crippen LogP contribution < -0.4 is 5.32 Å². The van der Waals surface area contributed by atoms with Crippen LogP contribution in [0.5, 0.6) is 0 Å². The Labute approximate surface area is 181 Å². The van der Waals surface area contributed by atoms with Gasteiger partial charge >= 0.3 is 5.97 Å². The number of fused-ring (bicyclic) bond motifs is 1. The summed E-state index contributed by atoms with van der Waals surface area (Å²) in [6.07, 6.45) is 1.45. The Morgan fingerprint density at radius 3 is 2.61 bits per heavy atom. The molecule has 1 aliphatic rings. The Hall–Kier alpha value is -3.16. The molecule has 2 amide bonds. The molecule has 166 valence electrons. The van der Waals surface area contributed by atoms with Gasteiger partial charge in [0.15, 0.2) is 0 Å². The summed E-state index contributed by atoms with van der Waals surface area (Å²) in [7, 11) is 1.82. The molecular formula is C23H29N3O5. The quantitative estimate of drug-likeness (QED) is 0.563. The van der Waals surface area contributed by atoms with Crippen LogP contribution in [-0.2, 0) is 26.2 Å². The van der Waals surface area contributed by atoms with Gasteiger partial charge in [-0.05, 0) is 45.7 Å². The van der Waals surface area contributed by atoms with Crippen LogP contribution in [0.3, 0.4) is 0 Å². The molecule has 0 saturated carbocycles. The average molecular weight is 428 g/mol. The number of rotatable bonds is 6. The van der Waals surface area contributed by atoms with Crippen molar-refractivity contribution in [2.45, 2.75) is 57.7 Å². The topological polar surface area (TPSA) is 97.7 Å². The molecule has 2 aromatic rings. The molecule has 0 radical (unpaired) electrons. The molecule has 1 aliphatic heterocycles. The number of esters is 1. The van der Waals surface area contributed by atoms with E-state index in [4.69, 9.17) is 4.74 Å². The number of nitrogens with zero attached hydrogens (tertiary/aromatic N) is 2. The standard InChI is InChI=1S/C23H29N3O5/c1-23(2,3)31-20(28)13-16(14-27)24-21(29)18-10-7-11-26(18)22(30)19-12-15-8-5-6-9-17(15)25(19)4/h5-6,8-9,12,14,16,18H,7,10-11,13H2,1-4H3,(H,24,29)/t16-,18-/m0/s1. The number of aldehydes is 1. The van der Waals surface area contributed by atoms with Gasteiger partial charge in [0, 0.05) is 24.5 Å². The monoisotopic (exact) mass is 427 g/mol. The Balaban J connectivity index is 1.70. The van der Waals surface area contributed by atoms with Crippen molar-refractivity contribution in [2.24, 2.45) is 7.05 Å². The van der Waals surface area contributed by atoms with Gasteiger partial charge in [-0.25, -0.2) is 0 Å². The molecule has 2 atom stereocenters. The van der Waals surface area contributed by atoms with E-state index in [1.807, 2.05) is 41.9 Å². The first-order chi connectivity index (χ1) is 14.6. The fraction of sp³-hybridized carbons (Fsp3) is 0.478. The van der Waals surface area contributed by atoms with Crippen LogP contribution >= 0.6 is 0 Å². The first-order valence-corrected chi connectivity index (χ1v) is 10.4. The van der Waals surface area contributed by atoms with Crippen molar-refractivity contribution < 1.29 is 23.9 Å². The first kappa shape index (κ1) is 22.5. The normalized spacial score (nSPS) is 17.4. The fourth-order valence-corrected chi connectivity index (χ4v) is 3.90. The number of hydrogen-bond donors (Lipinski definition) is 1. The van der Waals surface area contributed by atoms with Crippen molar-refractivity contribution in [1.29, 1.82) is 0 Å². The summed E-state index contributed by atoms with van der Waals surface area (Å²) >= 11 is 0. The van der Waals surface area contributed by atoms with Gasteiger partial charge in [0.1, 0.15) is 23.6 Å². The molecule has 0 bridgehead atoms. The van der Waals surface area contributed by atoms with Crippen LogP contribution in [0, 0.1) is 0 Å². The van der Waals surface area contributed by atoms with Gasteiger partial charge in [-0.3, -0.25) is 14.4 Å². The van der Waals surface area contributed by atoms with Crippen molar-refractivity contribution in [3.05, 3.63) is 36.0 Å². The van der Waals surface area contributed by atoms with E-state index < -0.39 is 29.6 Å². The Kier molecular flexibility index (Phi) is 6.48. The van der Waals surface area contributed by atoms with Crippen molar-refractivity contribution in [3.8, 4) is 0 Å². The van der Waals surface area contributed by atoms with E-state index in [0.717, 1.165) is 10.9 Å². The molecule has 3 rings (SSSR count). The number of para-hydroxylation sites is 1. The zero-order chi connectivity index (χ0) is 22.8. The Morgan fingerprint density at radius 2 is 1.97 bits per heavy atom. The van der Waals surface area contributed by atoms with Crippen molar-refractivity contribution in [2.75, 3.05) is 6.54 Å². The molecular weight excluding hydrogens is 398 g/mol. The zero-order valence-corrected chi connectivity index (χ0v) is 18.4. The van der Waals surface area contributed by atoms with E-state index >= 15 is 0 Å². The number of hydrogen-bond acceptors (Lipinski definition) is 5. The number of nitrogens with one attached hydrogen (secondary N) is 1. The highest BCUT2D eigenvalue weighted by Gasteiger charge is 2.36. The predicted octanol–water partition coefficient (Wildman–Crippen LogP) is 2.20. The van der Waals surface area contributed by atoms with Gasteiger partial charge in [0.25, 0.3) is 5.91 Å². The summed E-state index contributed by atoms with van der Waals surface area (Å²) in [5, 5.41) is 3.55. The number of aryl methyl sites for hydroxylation is 1. The smallest absolute Gasteiger partial charge is 0.308 e. The highest BCUT2D eigenvalue weighted by Crippen LogP contribution is 2.24. The largest absolute Gasteiger partial charge is 0.460 e. The van der Waals surface area contributed by atoms with Crippen molar-refractivity contribution in [1.82, 2.24) is 14.8 Å². The molecule has 0 unspecified atom stereocenters. The van der Waals surface area contributed by atoms with Crippen LogP contribution in [-0.4, -0.2) is 57.8 Å². The maximum atomic E-state index is 13.2. The lowest BCUT2D eigenvalue weighted by atomic mass is 10.1. The van der Waals surface area contributed by atoms with Crippen LogP contribution in [0.4, 0.5) is 0 Å². The number of benzene rings is 1. The summed E-state index contributed by atoms with van der Waals surface area (Å²) in [4.78, 5) is 51.1. The number of carbonyl (C=O) groups is 4. The Bertz CT molecular complexity index is 1000. The third-order valence-electron chi connectivity index (χ3n) is 5.29. The summed E-state index contributed by atoms with van der Waals surface area (Å²) in [6, 6.07) is 7.82. The maximum absolute atomic E-state index is 13.2. The second-order valence-electron chi connectivity index (χ2n) is 8.85. The number of ether oxygens (including phenoxy) is 1. The molecule has 2 heterocycles. The van der Waals surface area contributed by atoms with E-state index in [1.54, 1.807) is 25.7 Å². The molecule has 31 heavy (non-hydrogen) atoms. The van der Waals surface area contributed by atoms with Crippen LogP contribution in [0.1, 0.15) is 50.5 Å². The molecule has 0 aliphatic carbocycles. The van der Waals surface area contributed by atoms with Crippen molar-refractivity contribution >= 4 is 35.0 Å². The third-order valence-corrected chi connectivity index (χ3v) is 5.29. The molecule has 8 heteroatoms. The van der Waals surface area contributed by atoms with Gasteiger partial charge in [0.2, 0.25) is 5.91 Å². The lowest BCUT2D eigenvalue weighted by Crippen LogP contribution is -2.50. The zero-order valence-electron chi connectivity index (χ0n) is 18.4. The lowest BCUT2D eigenvalue weighted by Gasteiger charge is -2.26. The highest BCUT2D eigenvalue weighted by molar-refractivity contribution is 6.01. The number of aromatic nitrogens is 1. The molecule has 1 aromatic heterocycles. The van der Waals surface area contributed by atoms with Gasteiger partial charge < -0.3 is 24.3 Å². The van der Waals surface area contributed by atoms with E-state index in [0.29, 0.717) is 31.4 Å². The minimum Gasteiger partial charge on any atom is -0.460 e. The molecule has 1 aromatic carbocycles.